The second-order valence-corrected chi connectivity index (χ2v) is 5.10. The van der Waals surface area contributed by atoms with Gasteiger partial charge in [0.15, 0.2) is 0 Å². The van der Waals surface area contributed by atoms with Crippen molar-refractivity contribution in [3.05, 3.63) is 40.9 Å². The summed E-state index contributed by atoms with van der Waals surface area (Å²) in [4.78, 5) is 15.3. The third-order valence-corrected chi connectivity index (χ3v) is 3.47. The van der Waals surface area contributed by atoms with Gasteiger partial charge in [-0.3, -0.25) is 4.79 Å². The van der Waals surface area contributed by atoms with Crippen molar-refractivity contribution in [1.29, 1.82) is 0 Å². The van der Waals surface area contributed by atoms with Gasteiger partial charge in [-0.1, -0.05) is 23.7 Å². The number of nitrogens with zero attached hydrogens (tertiary/aromatic N) is 1. The van der Waals surface area contributed by atoms with Crippen molar-refractivity contribution in [3.63, 3.8) is 0 Å². The van der Waals surface area contributed by atoms with Gasteiger partial charge >= 0.3 is 0 Å². The molecule has 0 aliphatic carbocycles. The van der Waals surface area contributed by atoms with E-state index >= 15 is 0 Å². The van der Waals surface area contributed by atoms with E-state index < -0.39 is 0 Å². The van der Waals surface area contributed by atoms with Crippen LogP contribution in [-0.2, 0) is 4.79 Å². The molecule has 1 aliphatic rings. The van der Waals surface area contributed by atoms with Gasteiger partial charge in [0, 0.05) is 11.1 Å². The summed E-state index contributed by atoms with van der Waals surface area (Å²) in [6.45, 7) is 3.74. The Morgan fingerprint density at radius 1 is 1.28 bits per heavy atom. The van der Waals surface area contributed by atoms with E-state index in [4.69, 9.17) is 11.6 Å². The van der Waals surface area contributed by atoms with E-state index in [9.17, 15) is 4.79 Å². The van der Waals surface area contributed by atoms with Crippen molar-refractivity contribution in [2.24, 2.45) is 0 Å². The lowest BCUT2D eigenvalue weighted by Crippen LogP contribution is -3.12. The minimum atomic E-state index is 0.0949. The average molecular weight is 266 g/mol. The monoisotopic (exact) mass is 265 g/mol. The maximum Gasteiger partial charge on any atom is 0.246 e. The summed E-state index contributed by atoms with van der Waals surface area (Å²) < 4.78 is 0. The summed E-state index contributed by atoms with van der Waals surface area (Å²) in [5, 5.41) is 0.709. The fraction of sp³-hybridized carbons (Fsp3) is 0.357. The van der Waals surface area contributed by atoms with Crippen LogP contribution in [0.1, 0.15) is 5.56 Å². The number of likely N-dealkylation sites (N-methyl/N-ethyl adjacent to an activating group) is 1. The topological polar surface area (TPSA) is 24.8 Å². The minimum absolute atomic E-state index is 0.0949. The van der Waals surface area contributed by atoms with Gasteiger partial charge in [-0.15, -0.1) is 0 Å². The largest absolute Gasteiger partial charge is 0.334 e. The van der Waals surface area contributed by atoms with Crippen LogP contribution in [0.15, 0.2) is 30.3 Å². The molecule has 1 saturated heterocycles. The van der Waals surface area contributed by atoms with Crippen LogP contribution in [0, 0.1) is 0 Å². The quantitative estimate of drug-likeness (QED) is 0.783. The molecule has 3 nitrogen and oxygen atoms in total. The standard InChI is InChI=1S/C14H17ClN2O/c1-16-8-10-17(11-9-16)14(18)7-4-12-2-5-13(15)6-3-12/h2-7H,8-11H2,1H3/p+1/b7-4+. The maximum atomic E-state index is 11.9. The molecule has 18 heavy (non-hydrogen) atoms. The molecule has 1 amide bonds. The molecule has 2 rings (SSSR count). The number of hydrogen-bond donors (Lipinski definition) is 1. The first-order valence-electron chi connectivity index (χ1n) is 6.19. The number of rotatable bonds is 2. The van der Waals surface area contributed by atoms with Crippen LogP contribution < -0.4 is 4.90 Å². The predicted octanol–water partition coefficient (Wildman–Crippen LogP) is 0.710. The minimum Gasteiger partial charge on any atom is -0.334 e. The highest BCUT2D eigenvalue weighted by Crippen LogP contribution is 2.10. The smallest absolute Gasteiger partial charge is 0.246 e. The SMILES string of the molecule is C[NH+]1CCN(C(=O)/C=C/c2ccc(Cl)cc2)CC1. The van der Waals surface area contributed by atoms with Crippen LogP contribution in [0.2, 0.25) is 5.02 Å². The molecule has 0 saturated carbocycles. The van der Waals surface area contributed by atoms with E-state index in [2.05, 4.69) is 7.05 Å². The Morgan fingerprint density at radius 2 is 1.89 bits per heavy atom. The molecule has 1 aliphatic heterocycles. The third-order valence-electron chi connectivity index (χ3n) is 3.22. The lowest BCUT2D eigenvalue weighted by atomic mass is 10.2. The molecule has 0 radical (unpaired) electrons. The van der Waals surface area contributed by atoms with Crippen LogP contribution in [0.3, 0.4) is 0 Å². The maximum absolute atomic E-state index is 11.9. The first-order valence-corrected chi connectivity index (χ1v) is 6.57. The molecule has 4 heteroatoms. The highest BCUT2D eigenvalue weighted by molar-refractivity contribution is 6.30. The molecule has 0 atom stereocenters. The number of quaternary nitrogens is 1. The molecule has 96 valence electrons. The molecular weight excluding hydrogens is 248 g/mol. The van der Waals surface area contributed by atoms with Crippen molar-refractivity contribution in [2.45, 2.75) is 0 Å². The Balaban J connectivity index is 1.92. The number of carbonyl (C=O) groups excluding carboxylic acids is 1. The molecule has 0 unspecified atom stereocenters. The van der Waals surface area contributed by atoms with Gasteiger partial charge in [-0.25, -0.2) is 0 Å². The molecule has 1 heterocycles. The van der Waals surface area contributed by atoms with Crippen LogP contribution >= 0.6 is 11.6 Å². The van der Waals surface area contributed by atoms with Crippen molar-refractivity contribution >= 4 is 23.6 Å². The number of halogens is 1. The molecule has 1 aromatic rings. The second-order valence-electron chi connectivity index (χ2n) is 4.67. The van der Waals surface area contributed by atoms with Crippen molar-refractivity contribution in [1.82, 2.24) is 4.90 Å². The first-order chi connectivity index (χ1) is 8.65. The molecule has 1 aromatic carbocycles. The predicted molar refractivity (Wildman–Crippen MR) is 73.7 cm³/mol. The summed E-state index contributed by atoms with van der Waals surface area (Å²) in [7, 11) is 2.16. The Kier molecular flexibility index (Phi) is 4.39. The Labute approximate surface area is 113 Å². The van der Waals surface area contributed by atoms with Crippen LogP contribution in [0.5, 0.6) is 0 Å². The highest BCUT2D eigenvalue weighted by Gasteiger charge is 2.19. The van der Waals surface area contributed by atoms with Gasteiger partial charge in [0.25, 0.3) is 0 Å². The summed E-state index contributed by atoms with van der Waals surface area (Å²) in [5.41, 5.74) is 0.993. The van der Waals surface area contributed by atoms with Crippen molar-refractivity contribution in [3.8, 4) is 0 Å². The van der Waals surface area contributed by atoms with Gasteiger partial charge in [0.2, 0.25) is 5.91 Å². The van der Waals surface area contributed by atoms with Gasteiger partial charge in [0.05, 0.1) is 33.2 Å². The molecule has 0 aromatic heterocycles. The van der Waals surface area contributed by atoms with Gasteiger partial charge < -0.3 is 9.80 Å². The second kappa shape index (κ2) is 6.03. The fourth-order valence-corrected chi connectivity index (χ4v) is 2.08. The summed E-state index contributed by atoms with van der Waals surface area (Å²) in [6, 6.07) is 7.45. The van der Waals surface area contributed by atoms with E-state index in [1.165, 1.54) is 4.90 Å². The highest BCUT2D eigenvalue weighted by atomic mass is 35.5. The number of nitrogens with one attached hydrogen (secondary N) is 1. The normalized spacial score (nSPS) is 17.3. The van der Waals surface area contributed by atoms with Gasteiger partial charge in [-0.2, -0.15) is 0 Å². The lowest BCUT2D eigenvalue weighted by Gasteiger charge is -2.29. The van der Waals surface area contributed by atoms with Crippen LogP contribution in [0.25, 0.3) is 6.08 Å². The Bertz CT molecular complexity index is 434. The summed E-state index contributed by atoms with van der Waals surface area (Å²) in [5.74, 6) is 0.0949. The lowest BCUT2D eigenvalue weighted by molar-refractivity contribution is -0.883. The van der Waals surface area contributed by atoms with Gasteiger partial charge in [0.1, 0.15) is 0 Å². The number of piperazine rings is 1. The van der Waals surface area contributed by atoms with E-state index in [1.54, 1.807) is 6.08 Å². The summed E-state index contributed by atoms with van der Waals surface area (Å²) in [6.07, 6.45) is 3.48. The first kappa shape index (κ1) is 13.1. The number of carbonyl (C=O) groups is 1. The van der Waals surface area contributed by atoms with Crippen LogP contribution in [-0.4, -0.2) is 44.0 Å². The molecular formula is C14H18ClN2O+. The summed E-state index contributed by atoms with van der Waals surface area (Å²) >= 11 is 5.81. The average Bonchev–Trinajstić information content (AvgIpc) is 2.38. The third kappa shape index (κ3) is 3.59. The van der Waals surface area contributed by atoms with E-state index in [-0.39, 0.29) is 5.91 Å². The van der Waals surface area contributed by atoms with E-state index in [1.807, 2.05) is 35.2 Å². The fourth-order valence-electron chi connectivity index (χ4n) is 1.96. The Hall–Kier alpha value is -1.32. The number of amides is 1. The molecule has 0 spiro atoms. The zero-order valence-electron chi connectivity index (χ0n) is 10.5. The molecule has 1 N–H and O–H groups in total. The van der Waals surface area contributed by atoms with Crippen molar-refractivity contribution in [2.75, 3.05) is 33.2 Å². The Morgan fingerprint density at radius 3 is 2.50 bits per heavy atom. The molecule has 0 bridgehead atoms. The van der Waals surface area contributed by atoms with Gasteiger partial charge in [-0.05, 0) is 23.8 Å². The van der Waals surface area contributed by atoms with Crippen molar-refractivity contribution < 1.29 is 9.69 Å². The number of benzene rings is 1. The molecule has 1 fully saturated rings. The zero-order chi connectivity index (χ0) is 13.0. The van der Waals surface area contributed by atoms with Crippen LogP contribution in [0.4, 0.5) is 0 Å². The van der Waals surface area contributed by atoms with E-state index in [0.717, 1.165) is 31.7 Å². The number of hydrogen-bond acceptors (Lipinski definition) is 1. The zero-order valence-corrected chi connectivity index (χ0v) is 11.3. The van der Waals surface area contributed by atoms with E-state index in [0.29, 0.717) is 5.02 Å².